The molecule has 0 N–H and O–H groups in total. The van der Waals surface area contributed by atoms with E-state index in [0.29, 0.717) is 24.3 Å². The summed E-state index contributed by atoms with van der Waals surface area (Å²) in [6.07, 6.45) is 2.26. The van der Waals surface area contributed by atoms with E-state index < -0.39 is 17.8 Å². The fraction of sp³-hybridized carbons (Fsp3) is 0.368. The van der Waals surface area contributed by atoms with Gasteiger partial charge in [-0.1, -0.05) is 24.3 Å². The average molecular weight is 320 g/mol. The molecular weight excluding hydrogens is 301 g/mol. The van der Waals surface area contributed by atoms with Crippen LogP contribution in [0, 0.1) is 11.6 Å². The Balaban J connectivity index is 1.82. The maximum atomic E-state index is 13.8. The quantitative estimate of drug-likeness (QED) is 0.711. The van der Waals surface area contributed by atoms with Gasteiger partial charge in [0.2, 0.25) is 0 Å². The molecule has 0 spiro atoms. The molecule has 1 fully saturated rings. The van der Waals surface area contributed by atoms with Crippen molar-refractivity contribution in [2.24, 2.45) is 0 Å². The number of ether oxygens (including phenoxy) is 1. The van der Waals surface area contributed by atoms with E-state index in [1.54, 1.807) is 0 Å². The van der Waals surface area contributed by atoms with Crippen LogP contribution < -0.4 is 4.74 Å². The second kappa shape index (κ2) is 6.65. The predicted octanol–water partition coefficient (Wildman–Crippen LogP) is 5.64. The van der Waals surface area contributed by atoms with Gasteiger partial charge in [-0.2, -0.15) is 0 Å². The summed E-state index contributed by atoms with van der Waals surface area (Å²) in [6, 6.07) is 10.2. The molecule has 3 rings (SSSR count). The van der Waals surface area contributed by atoms with Gasteiger partial charge < -0.3 is 4.74 Å². The van der Waals surface area contributed by atoms with Crippen LogP contribution in [0.1, 0.15) is 37.2 Å². The maximum Gasteiger partial charge on any atom is 0.190 e. The van der Waals surface area contributed by atoms with E-state index >= 15 is 0 Å². The molecule has 23 heavy (non-hydrogen) atoms. The third-order valence-electron chi connectivity index (χ3n) is 4.57. The average Bonchev–Trinajstić information content (AvgIpc) is 2.55. The molecule has 122 valence electrons. The third-order valence-corrected chi connectivity index (χ3v) is 4.57. The summed E-state index contributed by atoms with van der Waals surface area (Å²) in [5, 5.41) is 0. The summed E-state index contributed by atoms with van der Waals surface area (Å²) in [4.78, 5) is 0. The molecule has 0 radical (unpaired) electrons. The molecule has 1 nitrogen and oxygen atoms in total. The van der Waals surface area contributed by atoms with Gasteiger partial charge in [0.05, 0.1) is 7.11 Å². The fourth-order valence-corrected chi connectivity index (χ4v) is 3.26. The van der Waals surface area contributed by atoms with Gasteiger partial charge >= 0.3 is 0 Å². The molecular formula is C19H19F3O. The van der Waals surface area contributed by atoms with Crippen molar-refractivity contribution in [3.63, 3.8) is 0 Å². The second-order valence-electron chi connectivity index (χ2n) is 6.04. The zero-order valence-corrected chi connectivity index (χ0v) is 13.0. The Morgan fingerprint density at radius 3 is 1.96 bits per heavy atom. The van der Waals surface area contributed by atoms with Gasteiger partial charge in [0.1, 0.15) is 6.17 Å². The monoisotopic (exact) mass is 320 g/mol. The van der Waals surface area contributed by atoms with Crippen LogP contribution >= 0.6 is 0 Å². The largest absolute Gasteiger partial charge is 0.491 e. The molecule has 0 saturated heterocycles. The molecule has 2 aromatic rings. The third kappa shape index (κ3) is 3.36. The summed E-state index contributed by atoms with van der Waals surface area (Å²) in [6.45, 7) is 0. The first kappa shape index (κ1) is 15.9. The van der Waals surface area contributed by atoms with Crippen molar-refractivity contribution in [2.45, 2.75) is 37.8 Å². The Kier molecular flexibility index (Phi) is 4.60. The lowest BCUT2D eigenvalue weighted by Crippen LogP contribution is -2.13. The first-order valence-corrected chi connectivity index (χ1v) is 7.86. The zero-order chi connectivity index (χ0) is 16.4. The van der Waals surface area contributed by atoms with Crippen molar-refractivity contribution < 1.29 is 17.9 Å². The first-order chi connectivity index (χ1) is 11.1. The predicted molar refractivity (Wildman–Crippen MR) is 84.5 cm³/mol. The molecule has 2 aromatic carbocycles. The molecule has 0 bridgehead atoms. The summed E-state index contributed by atoms with van der Waals surface area (Å²) >= 11 is 0. The highest BCUT2D eigenvalue weighted by Crippen LogP contribution is 2.35. The Morgan fingerprint density at radius 2 is 1.43 bits per heavy atom. The van der Waals surface area contributed by atoms with Crippen LogP contribution in [0.3, 0.4) is 0 Å². The van der Waals surface area contributed by atoms with Crippen LogP contribution in [0.15, 0.2) is 36.4 Å². The van der Waals surface area contributed by atoms with Crippen molar-refractivity contribution in [3.8, 4) is 16.9 Å². The molecule has 0 aromatic heterocycles. The van der Waals surface area contributed by atoms with Crippen molar-refractivity contribution in [1.29, 1.82) is 0 Å². The topological polar surface area (TPSA) is 9.23 Å². The van der Waals surface area contributed by atoms with Crippen molar-refractivity contribution in [3.05, 3.63) is 53.6 Å². The summed E-state index contributed by atoms with van der Waals surface area (Å²) in [5.41, 5.74) is 2.38. The highest BCUT2D eigenvalue weighted by molar-refractivity contribution is 5.65. The Hall–Kier alpha value is -1.97. The molecule has 4 heteroatoms. The van der Waals surface area contributed by atoms with Gasteiger partial charge in [-0.25, -0.2) is 13.2 Å². The van der Waals surface area contributed by atoms with E-state index in [1.807, 2.05) is 24.3 Å². The van der Waals surface area contributed by atoms with Gasteiger partial charge in [-0.05, 0) is 60.4 Å². The zero-order valence-electron chi connectivity index (χ0n) is 13.0. The van der Waals surface area contributed by atoms with Crippen LogP contribution in [-0.4, -0.2) is 13.3 Å². The van der Waals surface area contributed by atoms with Gasteiger partial charge in [-0.3, -0.25) is 0 Å². The van der Waals surface area contributed by atoms with Crippen molar-refractivity contribution in [1.82, 2.24) is 0 Å². The highest BCUT2D eigenvalue weighted by atomic mass is 19.1. The fourth-order valence-electron chi connectivity index (χ4n) is 3.26. The van der Waals surface area contributed by atoms with E-state index in [0.717, 1.165) is 24.0 Å². The van der Waals surface area contributed by atoms with Crippen LogP contribution in [0.2, 0.25) is 0 Å². The maximum absolute atomic E-state index is 13.8. The number of rotatable bonds is 3. The molecule has 1 aliphatic rings. The molecule has 0 heterocycles. The van der Waals surface area contributed by atoms with Crippen LogP contribution in [0.25, 0.3) is 11.1 Å². The summed E-state index contributed by atoms with van der Waals surface area (Å²) in [7, 11) is 1.24. The number of benzene rings is 2. The van der Waals surface area contributed by atoms with Crippen LogP contribution in [0.5, 0.6) is 5.75 Å². The van der Waals surface area contributed by atoms with Crippen molar-refractivity contribution >= 4 is 0 Å². The number of hydrogen-bond acceptors (Lipinski definition) is 1. The Morgan fingerprint density at radius 1 is 0.870 bits per heavy atom. The standard InChI is InChI=1S/C19H19F3O/c1-23-19-17(21)10-15(11-18(19)22)14-4-2-12(3-5-14)13-6-8-16(20)9-7-13/h2-5,10-11,13,16H,6-9H2,1H3. The number of methoxy groups -OCH3 is 1. The smallest absolute Gasteiger partial charge is 0.190 e. The normalized spacial score (nSPS) is 21.2. The minimum atomic E-state index is -0.715. The summed E-state index contributed by atoms with van der Waals surface area (Å²) in [5.74, 6) is -1.42. The molecule has 1 saturated carbocycles. The highest BCUT2D eigenvalue weighted by Gasteiger charge is 2.21. The molecule has 0 amide bonds. The minimum Gasteiger partial charge on any atom is -0.491 e. The van der Waals surface area contributed by atoms with Crippen LogP contribution in [-0.2, 0) is 0 Å². The number of hydrogen-bond donors (Lipinski definition) is 0. The second-order valence-corrected chi connectivity index (χ2v) is 6.04. The van der Waals surface area contributed by atoms with Crippen LogP contribution in [0.4, 0.5) is 13.2 Å². The first-order valence-electron chi connectivity index (χ1n) is 7.86. The number of halogens is 3. The van der Waals surface area contributed by atoms with Gasteiger partial charge in [0, 0.05) is 0 Å². The van der Waals surface area contributed by atoms with E-state index in [2.05, 4.69) is 0 Å². The summed E-state index contributed by atoms with van der Waals surface area (Å²) < 4.78 is 45.5. The lowest BCUT2D eigenvalue weighted by Gasteiger charge is -2.24. The van der Waals surface area contributed by atoms with Crippen molar-refractivity contribution in [2.75, 3.05) is 7.11 Å². The van der Waals surface area contributed by atoms with Gasteiger partial charge in [0.25, 0.3) is 0 Å². The van der Waals surface area contributed by atoms with Gasteiger partial charge in [0.15, 0.2) is 17.4 Å². The molecule has 0 aliphatic heterocycles. The minimum absolute atomic E-state index is 0.367. The Bertz CT molecular complexity index is 651. The van der Waals surface area contributed by atoms with E-state index in [1.165, 1.54) is 19.2 Å². The van der Waals surface area contributed by atoms with Gasteiger partial charge in [-0.15, -0.1) is 0 Å². The lowest BCUT2D eigenvalue weighted by molar-refractivity contribution is 0.235. The SMILES string of the molecule is COc1c(F)cc(-c2ccc(C3CCC(F)CC3)cc2)cc1F. The van der Waals surface area contributed by atoms with E-state index in [-0.39, 0.29) is 5.75 Å². The van der Waals surface area contributed by atoms with E-state index in [9.17, 15) is 13.2 Å². The molecule has 0 atom stereocenters. The Labute approximate surface area is 134 Å². The molecule has 1 aliphatic carbocycles. The lowest BCUT2D eigenvalue weighted by atomic mass is 9.83. The van der Waals surface area contributed by atoms with E-state index in [4.69, 9.17) is 4.74 Å². The number of alkyl halides is 1. The molecule has 0 unspecified atom stereocenters.